The molecule has 2 heterocycles. The predicted molar refractivity (Wildman–Crippen MR) is 169 cm³/mol. The van der Waals surface area contributed by atoms with Crippen LogP contribution in [0.15, 0.2) is 107 Å². The second-order valence-electron chi connectivity index (χ2n) is 10.9. The Kier molecular flexibility index (Phi) is 9.97. The standard InChI is InChI=1S/C35H34F3N3O2S/c1-26(22-28-12-14-30(15-13-28)35(36,37)38)33(42)41(31-16-21-44-25-31)32(23-27-8-4-2-5-9-27)34(43)40-19-17-39(18-20-40)24-29-10-6-3-7-11-29/h2-16,21-22,25,32H,17-20,23-24H2,1H3. The van der Waals surface area contributed by atoms with Crippen LogP contribution in [0.25, 0.3) is 6.08 Å². The summed E-state index contributed by atoms with van der Waals surface area (Å²) in [4.78, 5) is 34.2. The second-order valence-corrected chi connectivity index (χ2v) is 11.7. The normalized spacial score (nSPS) is 15.2. The van der Waals surface area contributed by atoms with E-state index in [0.29, 0.717) is 36.3 Å². The molecule has 0 aliphatic carbocycles. The molecule has 5 rings (SSSR count). The van der Waals surface area contributed by atoms with Gasteiger partial charge in [-0.1, -0.05) is 72.8 Å². The van der Waals surface area contributed by atoms with Gasteiger partial charge in [0.25, 0.3) is 5.91 Å². The van der Waals surface area contributed by atoms with Crippen LogP contribution in [0.1, 0.15) is 29.2 Å². The fraction of sp³-hybridized carbons (Fsp3) is 0.257. The maximum absolute atomic E-state index is 14.3. The maximum Gasteiger partial charge on any atom is 0.416 e. The Bertz CT molecular complexity index is 1550. The first-order valence-corrected chi connectivity index (χ1v) is 15.4. The first kappa shape index (κ1) is 31.2. The molecule has 0 saturated carbocycles. The first-order valence-electron chi connectivity index (χ1n) is 14.5. The number of alkyl halides is 3. The third-order valence-corrected chi connectivity index (χ3v) is 8.43. The van der Waals surface area contributed by atoms with Gasteiger partial charge in [-0.3, -0.25) is 19.4 Å². The van der Waals surface area contributed by atoms with Crippen LogP contribution in [0.5, 0.6) is 0 Å². The van der Waals surface area contributed by atoms with E-state index in [1.807, 2.05) is 70.3 Å². The number of nitrogens with zero attached hydrogens (tertiary/aromatic N) is 3. The second kappa shape index (κ2) is 14.1. The van der Waals surface area contributed by atoms with Gasteiger partial charge in [-0.2, -0.15) is 24.5 Å². The number of piperazine rings is 1. The number of carbonyl (C=O) groups is 2. The highest BCUT2D eigenvalue weighted by Gasteiger charge is 2.36. The first-order chi connectivity index (χ1) is 21.2. The van der Waals surface area contributed by atoms with Crippen molar-refractivity contribution in [1.29, 1.82) is 0 Å². The van der Waals surface area contributed by atoms with E-state index in [2.05, 4.69) is 17.0 Å². The molecule has 228 valence electrons. The Hall–Kier alpha value is -4.21. The van der Waals surface area contributed by atoms with Crippen LogP contribution in [0.4, 0.5) is 18.9 Å². The zero-order valence-corrected chi connectivity index (χ0v) is 25.2. The van der Waals surface area contributed by atoms with Crippen molar-refractivity contribution in [2.24, 2.45) is 0 Å². The average molecular weight is 618 g/mol. The van der Waals surface area contributed by atoms with E-state index in [1.54, 1.807) is 17.9 Å². The van der Waals surface area contributed by atoms with Crippen molar-refractivity contribution in [2.75, 3.05) is 31.1 Å². The van der Waals surface area contributed by atoms with Crippen LogP contribution < -0.4 is 4.90 Å². The highest BCUT2D eigenvalue weighted by molar-refractivity contribution is 7.08. The maximum atomic E-state index is 14.3. The van der Waals surface area contributed by atoms with Gasteiger partial charge in [-0.15, -0.1) is 0 Å². The van der Waals surface area contributed by atoms with Crippen molar-refractivity contribution >= 4 is 34.9 Å². The van der Waals surface area contributed by atoms with Gasteiger partial charge in [0.15, 0.2) is 0 Å². The number of rotatable bonds is 9. The number of thiophene rings is 1. The van der Waals surface area contributed by atoms with Gasteiger partial charge >= 0.3 is 6.18 Å². The van der Waals surface area contributed by atoms with Crippen molar-refractivity contribution in [3.05, 3.63) is 130 Å². The van der Waals surface area contributed by atoms with E-state index in [4.69, 9.17) is 0 Å². The van der Waals surface area contributed by atoms with E-state index in [-0.39, 0.29) is 11.8 Å². The van der Waals surface area contributed by atoms with Crippen molar-refractivity contribution in [1.82, 2.24) is 9.80 Å². The van der Waals surface area contributed by atoms with E-state index in [9.17, 15) is 22.8 Å². The van der Waals surface area contributed by atoms with Gasteiger partial charge < -0.3 is 4.90 Å². The smallest absolute Gasteiger partial charge is 0.338 e. The quantitative estimate of drug-likeness (QED) is 0.187. The molecule has 1 aliphatic rings. The molecule has 5 nitrogen and oxygen atoms in total. The van der Waals surface area contributed by atoms with Crippen LogP contribution in [0, 0.1) is 0 Å². The summed E-state index contributed by atoms with van der Waals surface area (Å²) in [7, 11) is 0. The van der Waals surface area contributed by atoms with Gasteiger partial charge in [-0.05, 0) is 53.3 Å². The lowest BCUT2D eigenvalue weighted by atomic mass is 10.0. The van der Waals surface area contributed by atoms with Gasteiger partial charge in [0.2, 0.25) is 5.91 Å². The van der Waals surface area contributed by atoms with E-state index in [0.717, 1.165) is 37.3 Å². The van der Waals surface area contributed by atoms with Gasteiger partial charge in [0, 0.05) is 50.1 Å². The number of anilines is 1. The molecule has 3 aromatic carbocycles. The minimum atomic E-state index is -4.44. The Balaban J connectivity index is 1.41. The molecule has 0 bridgehead atoms. The number of amides is 2. The third kappa shape index (κ3) is 7.84. The molecule has 9 heteroatoms. The van der Waals surface area contributed by atoms with Crippen molar-refractivity contribution in [3.8, 4) is 0 Å². The molecule has 1 unspecified atom stereocenters. The highest BCUT2D eigenvalue weighted by Crippen LogP contribution is 2.30. The third-order valence-electron chi connectivity index (χ3n) is 7.76. The van der Waals surface area contributed by atoms with Crippen molar-refractivity contribution in [3.63, 3.8) is 0 Å². The van der Waals surface area contributed by atoms with Crippen LogP contribution in [0.2, 0.25) is 0 Å². The summed E-state index contributed by atoms with van der Waals surface area (Å²) in [5, 5.41) is 3.70. The highest BCUT2D eigenvalue weighted by atomic mass is 32.1. The number of halogens is 3. The lowest BCUT2D eigenvalue weighted by molar-refractivity contribution is -0.137. The molecule has 1 fully saturated rings. The Labute approximate surface area is 259 Å². The Morgan fingerprint density at radius 3 is 2.05 bits per heavy atom. The SMILES string of the molecule is CC(=Cc1ccc(C(F)(F)F)cc1)C(=O)N(c1ccsc1)C(Cc1ccccc1)C(=O)N1CCN(Cc2ccccc2)CC1. The minimum absolute atomic E-state index is 0.130. The Morgan fingerprint density at radius 1 is 0.864 bits per heavy atom. The average Bonchev–Trinajstić information content (AvgIpc) is 3.56. The summed E-state index contributed by atoms with van der Waals surface area (Å²) in [5.41, 5.74) is 2.78. The van der Waals surface area contributed by atoms with Gasteiger partial charge in [-0.25, -0.2) is 0 Å². The zero-order valence-electron chi connectivity index (χ0n) is 24.4. The molecule has 0 spiro atoms. The van der Waals surface area contributed by atoms with Crippen LogP contribution >= 0.6 is 11.3 Å². The summed E-state index contributed by atoms with van der Waals surface area (Å²) in [6.07, 6.45) is -2.56. The summed E-state index contributed by atoms with van der Waals surface area (Å²) in [6, 6.07) is 25.5. The molecule has 1 atom stereocenters. The van der Waals surface area contributed by atoms with E-state index < -0.39 is 17.8 Å². The van der Waals surface area contributed by atoms with Crippen LogP contribution in [0.3, 0.4) is 0 Å². The molecule has 44 heavy (non-hydrogen) atoms. The van der Waals surface area contributed by atoms with Crippen LogP contribution in [-0.2, 0) is 28.7 Å². The minimum Gasteiger partial charge on any atom is -0.338 e. The summed E-state index contributed by atoms with van der Waals surface area (Å²) in [6.45, 7) is 4.97. The monoisotopic (exact) mass is 617 g/mol. The van der Waals surface area contributed by atoms with E-state index in [1.165, 1.54) is 29.0 Å². The Morgan fingerprint density at radius 2 is 1.48 bits per heavy atom. The van der Waals surface area contributed by atoms with Crippen molar-refractivity contribution < 1.29 is 22.8 Å². The molecule has 0 N–H and O–H groups in total. The molecule has 1 aromatic heterocycles. The summed E-state index contributed by atoms with van der Waals surface area (Å²) in [5.74, 6) is -0.504. The fourth-order valence-electron chi connectivity index (χ4n) is 5.41. The molecule has 2 amide bonds. The summed E-state index contributed by atoms with van der Waals surface area (Å²) >= 11 is 1.43. The lowest BCUT2D eigenvalue weighted by Crippen LogP contribution is -2.57. The molecule has 1 saturated heterocycles. The predicted octanol–water partition coefficient (Wildman–Crippen LogP) is 7.16. The van der Waals surface area contributed by atoms with Gasteiger partial charge in [0.1, 0.15) is 6.04 Å². The summed E-state index contributed by atoms with van der Waals surface area (Å²) < 4.78 is 39.2. The number of hydrogen-bond donors (Lipinski definition) is 0. The molecule has 4 aromatic rings. The van der Waals surface area contributed by atoms with Gasteiger partial charge in [0.05, 0.1) is 11.3 Å². The number of carbonyl (C=O) groups excluding carboxylic acids is 2. The fourth-order valence-corrected chi connectivity index (χ4v) is 6.04. The molecule has 1 aliphatic heterocycles. The topological polar surface area (TPSA) is 43.9 Å². The molecule has 0 radical (unpaired) electrons. The zero-order chi connectivity index (χ0) is 31.1. The lowest BCUT2D eigenvalue weighted by Gasteiger charge is -2.39. The number of hydrogen-bond acceptors (Lipinski definition) is 4. The van der Waals surface area contributed by atoms with E-state index >= 15 is 0 Å². The van der Waals surface area contributed by atoms with Crippen LogP contribution in [-0.4, -0.2) is 53.8 Å². The number of benzene rings is 3. The molecular weight excluding hydrogens is 583 g/mol. The molecular formula is C35H34F3N3O2S. The largest absolute Gasteiger partial charge is 0.416 e. The van der Waals surface area contributed by atoms with Crippen molar-refractivity contribution in [2.45, 2.75) is 32.1 Å².